The summed E-state index contributed by atoms with van der Waals surface area (Å²) in [6, 6.07) is 54.9. The fraction of sp³-hybridized carbons (Fsp3) is 0. The summed E-state index contributed by atoms with van der Waals surface area (Å²) in [5.74, 6) is 1.85. The van der Waals surface area contributed by atoms with Crippen molar-refractivity contribution in [3.63, 3.8) is 0 Å². The first-order valence-corrected chi connectivity index (χ1v) is 17.8. The average molecular weight is 671 g/mol. The van der Waals surface area contributed by atoms with Gasteiger partial charge in [-0.2, -0.15) is 0 Å². The van der Waals surface area contributed by atoms with E-state index in [0.29, 0.717) is 17.5 Å². The number of hydrogen-bond acceptors (Lipinski definition) is 5. The number of furan rings is 1. The SMILES string of the molecule is c1cc(-c2nc(-c3cccc4c3sc3ccccc34)nc(-c3cccc4oc5ccccc5c34)n2)cc(-n2c3ccccc3c3ccccc32)c1. The Morgan fingerprint density at radius 2 is 1.04 bits per heavy atom. The second-order valence-corrected chi connectivity index (χ2v) is 13.8. The second kappa shape index (κ2) is 10.9. The molecule has 0 N–H and O–H groups in total. The lowest BCUT2D eigenvalue weighted by molar-refractivity contribution is 0.669. The highest BCUT2D eigenvalue weighted by atomic mass is 32.1. The van der Waals surface area contributed by atoms with Crippen molar-refractivity contribution in [2.24, 2.45) is 0 Å². The Morgan fingerprint density at radius 1 is 0.451 bits per heavy atom. The van der Waals surface area contributed by atoms with Crippen molar-refractivity contribution < 1.29 is 4.42 Å². The normalized spacial score (nSPS) is 11.9. The van der Waals surface area contributed by atoms with Crippen molar-refractivity contribution in [2.75, 3.05) is 0 Å². The zero-order chi connectivity index (χ0) is 33.5. The van der Waals surface area contributed by atoms with Gasteiger partial charge in [0.2, 0.25) is 0 Å². The van der Waals surface area contributed by atoms with E-state index in [0.717, 1.165) is 60.0 Å². The molecule has 11 aromatic rings. The average Bonchev–Trinajstić information content (AvgIpc) is 3.87. The van der Waals surface area contributed by atoms with Crippen LogP contribution in [0.4, 0.5) is 0 Å². The molecule has 0 saturated carbocycles. The van der Waals surface area contributed by atoms with Crippen LogP contribution < -0.4 is 0 Å². The van der Waals surface area contributed by atoms with Crippen LogP contribution in [0.15, 0.2) is 162 Å². The van der Waals surface area contributed by atoms with Crippen LogP contribution >= 0.6 is 11.3 Å². The fourth-order valence-electron chi connectivity index (χ4n) is 7.61. The van der Waals surface area contributed by atoms with Gasteiger partial charge in [-0.15, -0.1) is 11.3 Å². The molecular weight excluding hydrogens is 645 g/mol. The van der Waals surface area contributed by atoms with Gasteiger partial charge in [0, 0.05) is 64.1 Å². The summed E-state index contributed by atoms with van der Waals surface area (Å²) in [5.41, 5.74) is 7.80. The van der Waals surface area contributed by atoms with Gasteiger partial charge in [0.1, 0.15) is 11.2 Å². The van der Waals surface area contributed by atoms with Crippen LogP contribution in [0.5, 0.6) is 0 Å². The molecule has 238 valence electrons. The fourth-order valence-corrected chi connectivity index (χ4v) is 8.83. The van der Waals surface area contributed by atoms with E-state index in [1.54, 1.807) is 11.3 Å². The number of nitrogens with zero attached hydrogens (tertiary/aromatic N) is 4. The molecule has 4 heterocycles. The van der Waals surface area contributed by atoms with Crippen LogP contribution in [0.1, 0.15) is 0 Å². The second-order valence-electron chi connectivity index (χ2n) is 12.8. The van der Waals surface area contributed by atoms with Crippen molar-refractivity contribution in [1.29, 1.82) is 0 Å². The Bertz CT molecular complexity index is 3120. The molecule has 7 aromatic carbocycles. The lowest BCUT2D eigenvalue weighted by atomic mass is 10.0. The van der Waals surface area contributed by atoms with Crippen molar-refractivity contribution >= 4 is 75.3 Å². The van der Waals surface area contributed by atoms with E-state index < -0.39 is 0 Å². The maximum Gasteiger partial charge on any atom is 0.165 e. The summed E-state index contributed by atoms with van der Waals surface area (Å²) in [7, 11) is 0. The van der Waals surface area contributed by atoms with Gasteiger partial charge in [0.15, 0.2) is 17.5 Å². The van der Waals surface area contributed by atoms with E-state index in [1.165, 1.54) is 26.2 Å². The number of benzene rings is 7. The summed E-state index contributed by atoms with van der Waals surface area (Å²) in [4.78, 5) is 15.7. The number of hydrogen-bond donors (Lipinski definition) is 0. The highest BCUT2D eigenvalue weighted by Gasteiger charge is 2.20. The van der Waals surface area contributed by atoms with Crippen LogP contribution in [0.25, 0.3) is 104 Å². The number of para-hydroxylation sites is 3. The Labute approximate surface area is 295 Å². The minimum atomic E-state index is 0.604. The van der Waals surface area contributed by atoms with Crippen molar-refractivity contribution in [3.8, 4) is 39.9 Å². The molecule has 0 amide bonds. The molecular formula is C45H26N4OS. The Morgan fingerprint density at radius 3 is 1.86 bits per heavy atom. The number of aromatic nitrogens is 4. The van der Waals surface area contributed by atoms with Crippen molar-refractivity contribution in [3.05, 3.63) is 158 Å². The quantitative estimate of drug-likeness (QED) is 0.187. The first kappa shape index (κ1) is 28.2. The summed E-state index contributed by atoms with van der Waals surface area (Å²) in [6.45, 7) is 0. The van der Waals surface area contributed by atoms with Gasteiger partial charge in [-0.1, -0.05) is 109 Å². The largest absolute Gasteiger partial charge is 0.456 e. The standard InChI is InChI=1S/C45H26N4OS/c1-5-21-36-29(14-1)30-15-2-6-22-37(30)49(36)28-13-9-12-27(26-28)43-46-44(34-19-11-24-39-41(34)33-17-3-7-23-38(33)50-39)48-45(47-43)35-20-10-18-32-31-16-4-8-25-40(31)51-42(32)35/h1-26H. The molecule has 0 unspecified atom stereocenters. The van der Waals surface area contributed by atoms with Gasteiger partial charge in [0.05, 0.1) is 11.0 Å². The molecule has 0 spiro atoms. The van der Waals surface area contributed by atoms with Crippen LogP contribution in [0, 0.1) is 0 Å². The van der Waals surface area contributed by atoms with Gasteiger partial charge in [-0.05, 0) is 48.5 Å². The molecule has 0 fully saturated rings. The zero-order valence-corrected chi connectivity index (χ0v) is 27.9. The first-order valence-electron chi connectivity index (χ1n) is 16.9. The smallest absolute Gasteiger partial charge is 0.165 e. The van der Waals surface area contributed by atoms with Crippen LogP contribution in [-0.2, 0) is 0 Å². The minimum absolute atomic E-state index is 0.604. The van der Waals surface area contributed by atoms with Crippen LogP contribution in [-0.4, -0.2) is 19.5 Å². The van der Waals surface area contributed by atoms with Gasteiger partial charge in [0.25, 0.3) is 0 Å². The molecule has 51 heavy (non-hydrogen) atoms. The summed E-state index contributed by atoms with van der Waals surface area (Å²) in [5, 5.41) is 6.91. The first-order chi connectivity index (χ1) is 25.3. The van der Waals surface area contributed by atoms with Gasteiger partial charge >= 0.3 is 0 Å². The van der Waals surface area contributed by atoms with Gasteiger partial charge in [-0.25, -0.2) is 15.0 Å². The lowest BCUT2D eigenvalue weighted by Crippen LogP contribution is -2.01. The number of thiophene rings is 1. The molecule has 5 nitrogen and oxygen atoms in total. The van der Waals surface area contributed by atoms with E-state index in [4.69, 9.17) is 19.4 Å². The Hall–Kier alpha value is -6.63. The predicted octanol–water partition coefficient (Wildman–Crippen LogP) is 12.2. The molecule has 0 aliphatic heterocycles. The number of fused-ring (bicyclic) bond motifs is 9. The summed E-state index contributed by atoms with van der Waals surface area (Å²) in [6.07, 6.45) is 0. The van der Waals surface area contributed by atoms with Crippen molar-refractivity contribution in [2.45, 2.75) is 0 Å². The maximum absolute atomic E-state index is 6.29. The Balaban J connectivity index is 1.18. The molecule has 11 rings (SSSR count). The number of rotatable bonds is 4. The van der Waals surface area contributed by atoms with Crippen molar-refractivity contribution in [1.82, 2.24) is 19.5 Å². The van der Waals surface area contributed by atoms with Crippen LogP contribution in [0.2, 0.25) is 0 Å². The lowest BCUT2D eigenvalue weighted by Gasteiger charge is -2.12. The summed E-state index contributed by atoms with van der Waals surface area (Å²) < 4.78 is 11.0. The molecule has 0 atom stereocenters. The van der Waals surface area contributed by atoms with E-state index in [1.807, 2.05) is 30.3 Å². The van der Waals surface area contributed by atoms with Crippen LogP contribution in [0.3, 0.4) is 0 Å². The highest BCUT2D eigenvalue weighted by molar-refractivity contribution is 7.26. The topological polar surface area (TPSA) is 56.7 Å². The third-order valence-electron chi connectivity index (χ3n) is 9.87. The molecule has 0 bridgehead atoms. The minimum Gasteiger partial charge on any atom is -0.456 e. The van der Waals surface area contributed by atoms with E-state index >= 15 is 0 Å². The predicted molar refractivity (Wildman–Crippen MR) is 211 cm³/mol. The molecule has 6 heteroatoms. The molecule has 0 aliphatic carbocycles. The maximum atomic E-state index is 6.29. The van der Waals surface area contributed by atoms with E-state index in [9.17, 15) is 0 Å². The summed E-state index contributed by atoms with van der Waals surface area (Å²) >= 11 is 1.78. The van der Waals surface area contributed by atoms with E-state index in [2.05, 4.69) is 132 Å². The molecule has 0 radical (unpaired) electrons. The van der Waals surface area contributed by atoms with Gasteiger partial charge < -0.3 is 8.98 Å². The van der Waals surface area contributed by atoms with Gasteiger partial charge in [-0.3, -0.25) is 0 Å². The highest BCUT2D eigenvalue weighted by Crippen LogP contribution is 2.41. The zero-order valence-electron chi connectivity index (χ0n) is 27.1. The molecule has 4 aromatic heterocycles. The third-order valence-corrected chi connectivity index (χ3v) is 11.1. The molecule has 0 aliphatic rings. The Kier molecular flexibility index (Phi) is 6.05. The monoisotopic (exact) mass is 670 g/mol. The molecule has 0 saturated heterocycles. The third kappa shape index (κ3) is 4.30. The van der Waals surface area contributed by atoms with E-state index in [-0.39, 0.29) is 0 Å².